The van der Waals surface area contributed by atoms with Crippen LogP contribution in [0.2, 0.25) is 0 Å². The van der Waals surface area contributed by atoms with Crippen molar-refractivity contribution in [3.63, 3.8) is 0 Å². The maximum Gasteiger partial charge on any atom is 0.272 e. The van der Waals surface area contributed by atoms with Crippen LogP contribution in [0.15, 0.2) is 30.5 Å². The maximum atomic E-state index is 12.7. The van der Waals surface area contributed by atoms with Crippen LogP contribution in [-0.4, -0.2) is 69.8 Å². The molecule has 0 spiro atoms. The molecular weight excluding hydrogens is 268 g/mol. The molecule has 0 saturated carbocycles. The summed E-state index contributed by atoms with van der Waals surface area (Å²) in [4.78, 5) is 16.3. The fraction of sp³-hybridized carbons (Fsp3) is 0.467. The Morgan fingerprint density at radius 1 is 1.43 bits per heavy atom. The lowest BCUT2D eigenvalue weighted by Crippen LogP contribution is -2.43. The molecule has 2 aromatic heterocycles. The van der Waals surface area contributed by atoms with Crippen LogP contribution in [0.5, 0.6) is 0 Å². The zero-order valence-electron chi connectivity index (χ0n) is 12.4. The monoisotopic (exact) mass is 288 g/mol. The highest BCUT2D eigenvalue weighted by Crippen LogP contribution is 2.23. The van der Waals surface area contributed by atoms with Crippen LogP contribution in [-0.2, 0) is 0 Å². The van der Waals surface area contributed by atoms with Gasteiger partial charge in [-0.05, 0) is 38.7 Å². The number of hydrogen-bond acceptors (Lipinski definition) is 4. The van der Waals surface area contributed by atoms with Crippen LogP contribution in [0.1, 0.15) is 16.9 Å². The number of nitrogens with zero attached hydrogens (tertiary/aromatic N) is 4. The van der Waals surface area contributed by atoms with Gasteiger partial charge in [0.15, 0.2) is 0 Å². The molecule has 1 amide bonds. The molecule has 3 heterocycles. The van der Waals surface area contributed by atoms with Gasteiger partial charge in [0.2, 0.25) is 0 Å². The Kier molecular flexibility index (Phi) is 3.43. The van der Waals surface area contributed by atoms with Gasteiger partial charge in [-0.15, -0.1) is 0 Å². The van der Waals surface area contributed by atoms with Crippen molar-refractivity contribution >= 4 is 11.4 Å². The van der Waals surface area contributed by atoms with E-state index in [2.05, 4.69) is 5.10 Å². The van der Waals surface area contributed by atoms with Crippen molar-refractivity contribution in [3.05, 3.63) is 36.2 Å². The molecule has 0 aromatic carbocycles. The molecule has 1 fully saturated rings. The van der Waals surface area contributed by atoms with Gasteiger partial charge < -0.3 is 14.9 Å². The molecule has 6 heteroatoms. The van der Waals surface area contributed by atoms with E-state index in [-0.39, 0.29) is 5.91 Å². The summed E-state index contributed by atoms with van der Waals surface area (Å²) in [6, 6.07) is 7.40. The minimum Gasteiger partial charge on any atom is -0.387 e. The standard InChI is InChI=1S/C15H20N4O2/c1-17(2)10-15(21)7-9-18(11-15)14(20)13-5-3-4-12-6-8-16-19(12)13/h3-6,8,21H,7,9-11H2,1-2H3. The van der Waals surface area contributed by atoms with Crippen molar-refractivity contribution in [2.45, 2.75) is 12.0 Å². The molecule has 2 aromatic rings. The lowest BCUT2D eigenvalue weighted by Gasteiger charge is -2.26. The number of hydrogen-bond donors (Lipinski definition) is 1. The van der Waals surface area contributed by atoms with Crippen LogP contribution >= 0.6 is 0 Å². The van der Waals surface area contributed by atoms with E-state index < -0.39 is 5.60 Å². The molecular formula is C15H20N4O2. The molecule has 112 valence electrons. The van der Waals surface area contributed by atoms with Crippen molar-refractivity contribution in [1.29, 1.82) is 0 Å². The summed E-state index contributed by atoms with van der Waals surface area (Å²) in [5, 5.41) is 14.7. The average Bonchev–Trinajstić information content (AvgIpc) is 3.03. The first-order chi connectivity index (χ1) is 9.98. The Balaban J connectivity index is 1.82. The summed E-state index contributed by atoms with van der Waals surface area (Å²) in [5.74, 6) is -0.0843. The quantitative estimate of drug-likeness (QED) is 0.892. The van der Waals surface area contributed by atoms with Gasteiger partial charge in [-0.1, -0.05) is 6.07 Å². The molecule has 1 atom stereocenters. The number of carbonyl (C=O) groups is 1. The fourth-order valence-electron chi connectivity index (χ4n) is 3.02. The van der Waals surface area contributed by atoms with Crippen molar-refractivity contribution < 1.29 is 9.90 Å². The Labute approximate surface area is 123 Å². The van der Waals surface area contributed by atoms with Gasteiger partial charge in [0.1, 0.15) is 5.69 Å². The highest BCUT2D eigenvalue weighted by atomic mass is 16.3. The smallest absolute Gasteiger partial charge is 0.272 e. The number of pyridine rings is 1. The molecule has 3 rings (SSSR count). The number of likely N-dealkylation sites (N-methyl/N-ethyl adjacent to an activating group) is 1. The number of fused-ring (bicyclic) bond motifs is 1. The third-order valence-electron chi connectivity index (χ3n) is 3.87. The van der Waals surface area contributed by atoms with Crippen LogP contribution in [0, 0.1) is 0 Å². The van der Waals surface area contributed by atoms with Gasteiger partial charge in [0, 0.05) is 13.1 Å². The lowest BCUT2D eigenvalue weighted by molar-refractivity contribution is 0.0235. The number of amides is 1. The van der Waals surface area contributed by atoms with Crippen molar-refractivity contribution in [1.82, 2.24) is 19.4 Å². The summed E-state index contributed by atoms with van der Waals surface area (Å²) in [6.45, 7) is 1.49. The molecule has 1 unspecified atom stereocenters. The van der Waals surface area contributed by atoms with E-state index in [0.29, 0.717) is 31.7 Å². The second kappa shape index (κ2) is 5.13. The predicted molar refractivity (Wildman–Crippen MR) is 79.2 cm³/mol. The lowest BCUT2D eigenvalue weighted by atomic mass is 10.0. The van der Waals surface area contributed by atoms with E-state index in [1.807, 2.05) is 37.2 Å². The second-order valence-corrected chi connectivity index (χ2v) is 6.02. The van der Waals surface area contributed by atoms with Gasteiger partial charge >= 0.3 is 0 Å². The normalized spacial score (nSPS) is 22.4. The molecule has 21 heavy (non-hydrogen) atoms. The summed E-state index contributed by atoms with van der Waals surface area (Å²) < 4.78 is 1.64. The molecule has 1 aliphatic heterocycles. The fourth-order valence-corrected chi connectivity index (χ4v) is 3.02. The third-order valence-corrected chi connectivity index (χ3v) is 3.87. The van der Waals surface area contributed by atoms with Gasteiger partial charge in [-0.2, -0.15) is 5.10 Å². The van der Waals surface area contributed by atoms with Gasteiger partial charge in [0.05, 0.1) is 23.9 Å². The molecule has 0 radical (unpaired) electrons. The first-order valence-corrected chi connectivity index (χ1v) is 7.08. The highest BCUT2D eigenvalue weighted by molar-refractivity contribution is 5.93. The Morgan fingerprint density at radius 2 is 2.24 bits per heavy atom. The zero-order chi connectivity index (χ0) is 15.0. The topological polar surface area (TPSA) is 61.1 Å². The molecule has 1 saturated heterocycles. The number of rotatable bonds is 3. The van der Waals surface area contributed by atoms with E-state index in [4.69, 9.17) is 0 Å². The second-order valence-electron chi connectivity index (χ2n) is 6.02. The van der Waals surface area contributed by atoms with E-state index >= 15 is 0 Å². The largest absolute Gasteiger partial charge is 0.387 e. The Bertz CT molecular complexity index is 666. The molecule has 1 N–H and O–H groups in total. The summed E-state index contributed by atoms with van der Waals surface area (Å²) in [6.07, 6.45) is 2.28. The summed E-state index contributed by atoms with van der Waals surface area (Å²) >= 11 is 0. The SMILES string of the molecule is CN(C)CC1(O)CCN(C(=O)c2cccc3ccnn23)C1. The molecule has 6 nitrogen and oxygen atoms in total. The van der Waals surface area contributed by atoms with Gasteiger partial charge in [-0.3, -0.25) is 4.79 Å². The van der Waals surface area contributed by atoms with E-state index in [1.54, 1.807) is 21.7 Å². The minimum absolute atomic E-state index is 0.0843. The van der Waals surface area contributed by atoms with Gasteiger partial charge in [-0.25, -0.2) is 4.52 Å². The number of aromatic nitrogens is 2. The number of carbonyl (C=O) groups excluding carboxylic acids is 1. The van der Waals surface area contributed by atoms with Crippen LogP contribution < -0.4 is 0 Å². The van der Waals surface area contributed by atoms with Crippen molar-refractivity contribution in [3.8, 4) is 0 Å². The van der Waals surface area contributed by atoms with E-state index in [0.717, 1.165) is 5.52 Å². The first kappa shape index (κ1) is 14.0. The average molecular weight is 288 g/mol. The van der Waals surface area contributed by atoms with Crippen molar-refractivity contribution in [2.24, 2.45) is 0 Å². The van der Waals surface area contributed by atoms with E-state index in [9.17, 15) is 9.90 Å². The summed E-state index contributed by atoms with van der Waals surface area (Å²) in [7, 11) is 3.85. The number of β-amino-alcohol motifs (C(OH)–C–C–N with tert-alkyl or cyclic N) is 1. The molecule has 0 aliphatic carbocycles. The Morgan fingerprint density at radius 3 is 3.00 bits per heavy atom. The predicted octanol–water partition coefficient (Wildman–Crippen LogP) is 0.473. The molecule has 0 bridgehead atoms. The van der Waals surface area contributed by atoms with Crippen LogP contribution in [0.4, 0.5) is 0 Å². The first-order valence-electron chi connectivity index (χ1n) is 7.08. The minimum atomic E-state index is -0.822. The zero-order valence-corrected chi connectivity index (χ0v) is 12.4. The summed E-state index contributed by atoms with van der Waals surface area (Å²) in [5.41, 5.74) is 0.604. The highest BCUT2D eigenvalue weighted by Gasteiger charge is 2.39. The molecule has 1 aliphatic rings. The third kappa shape index (κ3) is 2.64. The Hall–Kier alpha value is -1.92. The van der Waals surface area contributed by atoms with Gasteiger partial charge in [0.25, 0.3) is 5.91 Å². The van der Waals surface area contributed by atoms with Crippen LogP contribution in [0.3, 0.4) is 0 Å². The van der Waals surface area contributed by atoms with Crippen molar-refractivity contribution in [2.75, 3.05) is 33.7 Å². The van der Waals surface area contributed by atoms with Crippen LogP contribution in [0.25, 0.3) is 5.52 Å². The number of likely N-dealkylation sites (tertiary alicyclic amines) is 1. The maximum absolute atomic E-state index is 12.7. The van der Waals surface area contributed by atoms with E-state index in [1.165, 1.54) is 0 Å². The number of aliphatic hydroxyl groups is 1.